The van der Waals surface area contributed by atoms with Crippen LogP contribution in [-0.4, -0.2) is 41.1 Å². The first-order chi connectivity index (χ1) is 8.90. The lowest BCUT2D eigenvalue weighted by Gasteiger charge is -2.51. The summed E-state index contributed by atoms with van der Waals surface area (Å²) in [5.41, 5.74) is 0. The van der Waals surface area contributed by atoms with Crippen LogP contribution in [0.4, 0.5) is 0 Å². The number of hydrogen-bond acceptors (Lipinski definition) is 2. The Morgan fingerprint density at radius 1 is 0.944 bits per heavy atom. The summed E-state index contributed by atoms with van der Waals surface area (Å²) in [6.45, 7) is 5.08. The Bertz CT molecular complexity index is 266. The Balaban J connectivity index is 1.64. The third-order valence-corrected chi connectivity index (χ3v) is 5.47. The monoisotopic (exact) mass is 250 g/mol. The summed E-state index contributed by atoms with van der Waals surface area (Å²) in [7, 11) is 0. The maximum absolute atomic E-state index is 2.87. The first-order valence-electron chi connectivity index (χ1n) is 8.41. The second kappa shape index (κ2) is 5.92. The molecule has 0 aliphatic carbocycles. The molecule has 0 bridgehead atoms. The van der Waals surface area contributed by atoms with Crippen LogP contribution in [0.1, 0.15) is 71.1 Å². The summed E-state index contributed by atoms with van der Waals surface area (Å²) in [5.74, 6) is 0. The Hall–Kier alpha value is -0.0800. The van der Waals surface area contributed by atoms with Crippen molar-refractivity contribution in [3.05, 3.63) is 0 Å². The number of rotatable bonds is 4. The molecule has 0 aromatic heterocycles. The first-order valence-corrected chi connectivity index (χ1v) is 8.41. The van der Waals surface area contributed by atoms with Crippen molar-refractivity contribution >= 4 is 0 Å². The molecule has 0 radical (unpaired) electrons. The second-order valence-electron chi connectivity index (χ2n) is 6.63. The van der Waals surface area contributed by atoms with E-state index in [0.717, 1.165) is 18.2 Å². The van der Waals surface area contributed by atoms with Gasteiger partial charge in [0, 0.05) is 18.6 Å². The van der Waals surface area contributed by atoms with Gasteiger partial charge in [0.05, 0.1) is 6.17 Å². The average molecular weight is 250 g/mol. The fraction of sp³-hybridized carbons (Fsp3) is 1.00. The van der Waals surface area contributed by atoms with Gasteiger partial charge in [-0.2, -0.15) is 0 Å². The largest absolute Gasteiger partial charge is 0.285 e. The van der Waals surface area contributed by atoms with Crippen molar-refractivity contribution in [2.75, 3.05) is 13.1 Å². The highest BCUT2D eigenvalue weighted by Crippen LogP contribution is 2.38. The molecule has 0 aromatic rings. The van der Waals surface area contributed by atoms with Crippen molar-refractivity contribution < 1.29 is 0 Å². The standard InChI is InChI=1S/C16H30N2/c1-2-3-4-8-14-13-15-9-5-6-11-17(15)16-10-7-12-18(14)16/h14-16H,2-13H2,1H3/t14-,15+,16+/m0/s1. The topological polar surface area (TPSA) is 6.48 Å². The Morgan fingerprint density at radius 3 is 2.72 bits per heavy atom. The Kier molecular flexibility index (Phi) is 4.25. The SMILES string of the molecule is CCCCC[C@H]1C[C@H]2CCCCN2[C@H]2CCCN12. The van der Waals surface area contributed by atoms with E-state index in [1.807, 2.05) is 0 Å². The molecular formula is C16H30N2. The van der Waals surface area contributed by atoms with Crippen molar-refractivity contribution in [1.29, 1.82) is 0 Å². The van der Waals surface area contributed by atoms with E-state index in [2.05, 4.69) is 16.7 Å². The lowest BCUT2D eigenvalue weighted by atomic mass is 9.89. The molecule has 3 aliphatic heterocycles. The molecule has 3 saturated heterocycles. The van der Waals surface area contributed by atoms with Crippen LogP contribution >= 0.6 is 0 Å². The van der Waals surface area contributed by atoms with E-state index < -0.39 is 0 Å². The quantitative estimate of drug-likeness (QED) is 0.703. The van der Waals surface area contributed by atoms with Gasteiger partial charge in [-0.15, -0.1) is 0 Å². The number of nitrogens with zero attached hydrogens (tertiary/aromatic N) is 2. The van der Waals surface area contributed by atoms with Crippen molar-refractivity contribution in [1.82, 2.24) is 9.80 Å². The van der Waals surface area contributed by atoms with Gasteiger partial charge in [-0.05, 0) is 45.1 Å². The van der Waals surface area contributed by atoms with Crippen LogP contribution in [0.5, 0.6) is 0 Å². The van der Waals surface area contributed by atoms with Gasteiger partial charge < -0.3 is 0 Å². The Morgan fingerprint density at radius 2 is 1.83 bits per heavy atom. The van der Waals surface area contributed by atoms with E-state index in [-0.39, 0.29) is 0 Å². The maximum atomic E-state index is 2.87. The number of hydrogen-bond donors (Lipinski definition) is 0. The van der Waals surface area contributed by atoms with Gasteiger partial charge in [0.25, 0.3) is 0 Å². The van der Waals surface area contributed by atoms with Gasteiger partial charge in [-0.1, -0.05) is 32.6 Å². The van der Waals surface area contributed by atoms with Crippen LogP contribution in [0.15, 0.2) is 0 Å². The van der Waals surface area contributed by atoms with Crippen molar-refractivity contribution in [2.24, 2.45) is 0 Å². The van der Waals surface area contributed by atoms with Crippen LogP contribution in [0.3, 0.4) is 0 Å². The van der Waals surface area contributed by atoms with Gasteiger partial charge in [0.2, 0.25) is 0 Å². The molecule has 3 fully saturated rings. The summed E-state index contributed by atoms with van der Waals surface area (Å²) in [6, 6.07) is 1.85. The van der Waals surface area contributed by atoms with Gasteiger partial charge in [0.15, 0.2) is 0 Å². The fourth-order valence-electron chi connectivity index (χ4n) is 4.58. The molecule has 0 unspecified atom stereocenters. The van der Waals surface area contributed by atoms with E-state index in [9.17, 15) is 0 Å². The molecule has 3 heterocycles. The van der Waals surface area contributed by atoms with Crippen LogP contribution < -0.4 is 0 Å². The summed E-state index contributed by atoms with van der Waals surface area (Å²) < 4.78 is 0. The zero-order valence-corrected chi connectivity index (χ0v) is 12.1. The molecule has 0 amide bonds. The maximum Gasteiger partial charge on any atom is 0.0627 e. The number of fused-ring (bicyclic) bond motifs is 3. The highest BCUT2D eigenvalue weighted by atomic mass is 15.4. The molecule has 3 atom stereocenters. The van der Waals surface area contributed by atoms with Gasteiger partial charge in [-0.25, -0.2) is 0 Å². The van der Waals surface area contributed by atoms with Crippen molar-refractivity contribution in [3.8, 4) is 0 Å². The lowest BCUT2D eigenvalue weighted by molar-refractivity contribution is -0.0611. The zero-order valence-electron chi connectivity index (χ0n) is 12.1. The minimum Gasteiger partial charge on any atom is -0.285 e. The minimum atomic E-state index is 0.829. The molecule has 2 nitrogen and oxygen atoms in total. The summed E-state index contributed by atoms with van der Waals surface area (Å²) in [6.07, 6.45) is 15.3. The van der Waals surface area contributed by atoms with Crippen LogP contribution in [0, 0.1) is 0 Å². The second-order valence-corrected chi connectivity index (χ2v) is 6.63. The summed E-state index contributed by atoms with van der Waals surface area (Å²) >= 11 is 0. The molecule has 0 N–H and O–H groups in total. The van der Waals surface area contributed by atoms with Gasteiger partial charge >= 0.3 is 0 Å². The molecule has 2 heteroatoms. The minimum absolute atomic E-state index is 0.829. The highest BCUT2D eigenvalue weighted by molar-refractivity contribution is 4.96. The third kappa shape index (κ3) is 2.46. The third-order valence-electron chi connectivity index (χ3n) is 5.47. The van der Waals surface area contributed by atoms with Gasteiger partial charge in [-0.3, -0.25) is 9.80 Å². The average Bonchev–Trinajstić information content (AvgIpc) is 2.89. The van der Waals surface area contributed by atoms with Crippen LogP contribution in [0.2, 0.25) is 0 Å². The molecule has 3 aliphatic rings. The van der Waals surface area contributed by atoms with E-state index >= 15 is 0 Å². The first kappa shape index (κ1) is 12.9. The number of piperidine rings is 1. The van der Waals surface area contributed by atoms with Gasteiger partial charge in [0.1, 0.15) is 0 Å². The molecule has 18 heavy (non-hydrogen) atoms. The van der Waals surface area contributed by atoms with Crippen molar-refractivity contribution in [2.45, 2.75) is 89.4 Å². The fourth-order valence-corrected chi connectivity index (χ4v) is 4.58. The molecule has 3 rings (SSSR count). The molecule has 0 spiro atoms. The molecule has 0 aromatic carbocycles. The molecule has 104 valence electrons. The lowest BCUT2D eigenvalue weighted by Crippen LogP contribution is -2.60. The predicted octanol–water partition coefficient (Wildman–Crippen LogP) is 3.62. The van der Waals surface area contributed by atoms with E-state index in [1.165, 1.54) is 77.3 Å². The van der Waals surface area contributed by atoms with Crippen LogP contribution in [0.25, 0.3) is 0 Å². The normalized spacial score (nSPS) is 37.5. The van der Waals surface area contributed by atoms with E-state index in [0.29, 0.717) is 0 Å². The summed E-state index contributed by atoms with van der Waals surface area (Å²) in [4.78, 5) is 5.74. The highest BCUT2D eigenvalue weighted by Gasteiger charge is 2.43. The smallest absolute Gasteiger partial charge is 0.0627 e. The van der Waals surface area contributed by atoms with E-state index in [1.54, 1.807) is 0 Å². The summed E-state index contributed by atoms with van der Waals surface area (Å²) in [5, 5.41) is 0. The van der Waals surface area contributed by atoms with Crippen molar-refractivity contribution in [3.63, 3.8) is 0 Å². The number of unbranched alkanes of at least 4 members (excludes halogenated alkanes) is 2. The molecule has 0 saturated carbocycles. The Labute approximate surface area is 113 Å². The zero-order chi connectivity index (χ0) is 12.4. The predicted molar refractivity (Wildman–Crippen MR) is 76.6 cm³/mol. The molecular weight excluding hydrogens is 220 g/mol. The van der Waals surface area contributed by atoms with Crippen LogP contribution in [-0.2, 0) is 0 Å². The van der Waals surface area contributed by atoms with E-state index in [4.69, 9.17) is 0 Å².